The molecule has 0 spiro atoms. The molecule has 2 aliphatic heterocycles. The Morgan fingerprint density at radius 3 is 2.78 bits per heavy atom. The van der Waals surface area contributed by atoms with E-state index >= 15 is 0 Å². The smallest absolute Gasteiger partial charge is 0.241 e. The van der Waals surface area contributed by atoms with E-state index in [0.29, 0.717) is 37.1 Å². The third-order valence-electron chi connectivity index (χ3n) is 5.81. The minimum absolute atomic E-state index is 0.158. The summed E-state index contributed by atoms with van der Waals surface area (Å²) >= 11 is 0. The minimum Gasteiger partial charge on any atom is -0.389 e. The first-order valence-corrected chi connectivity index (χ1v) is 9.83. The molecule has 0 bridgehead atoms. The molecule has 0 aromatic carbocycles. The van der Waals surface area contributed by atoms with E-state index in [4.69, 9.17) is 4.74 Å². The average Bonchev–Trinajstić information content (AvgIpc) is 3.00. The molecule has 2 aromatic rings. The van der Waals surface area contributed by atoms with Gasteiger partial charge in [0.1, 0.15) is 5.52 Å². The van der Waals surface area contributed by atoms with Crippen molar-refractivity contribution in [3.8, 4) is 0 Å². The van der Waals surface area contributed by atoms with Gasteiger partial charge in [-0.2, -0.15) is 0 Å². The lowest BCUT2D eigenvalue weighted by molar-refractivity contribution is -0.0136. The first kappa shape index (κ1) is 18.6. The fourth-order valence-electron chi connectivity index (χ4n) is 4.10. The van der Waals surface area contributed by atoms with Gasteiger partial charge in [0.15, 0.2) is 5.82 Å². The number of halogens is 1. The number of fused-ring (bicyclic) bond motifs is 1. The summed E-state index contributed by atoms with van der Waals surface area (Å²) in [5.41, 5.74) is 1.30. The number of aliphatic hydroxyl groups excluding tert-OH is 1. The van der Waals surface area contributed by atoms with Gasteiger partial charge in [0.25, 0.3) is 0 Å². The zero-order valence-corrected chi connectivity index (χ0v) is 15.9. The highest BCUT2D eigenvalue weighted by atomic mass is 19.1. The molecule has 148 valence electrons. The number of ether oxygens (including phenoxy) is 1. The Labute approximate surface area is 158 Å². The fourth-order valence-corrected chi connectivity index (χ4v) is 4.10. The number of nitrogens with zero attached hydrogens (tertiary/aromatic N) is 4. The lowest BCUT2D eigenvalue weighted by Crippen LogP contribution is -2.42. The summed E-state index contributed by atoms with van der Waals surface area (Å²) in [6.45, 7) is 7.35. The van der Waals surface area contributed by atoms with E-state index in [-0.39, 0.29) is 17.8 Å². The summed E-state index contributed by atoms with van der Waals surface area (Å²) in [7, 11) is 0. The Morgan fingerprint density at radius 2 is 2.07 bits per heavy atom. The molecule has 2 aromatic heterocycles. The highest BCUT2D eigenvalue weighted by Crippen LogP contribution is 2.31. The normalized spacial score (nSPS) is 25.4. The van der Waals surface area contributed by atoms with E-state index in [0.717, 1.165) is 31.6 Å². The molecule has 27 heavy (non-hydrogen) atoms. The number of nitrogens with one attached hydrogen (secondary N) is 1. The van der Waals surface area contributed by atoms with Crippen LogP contribution in [-0.2, 0) is 4.74 Å². The molecule has 8 heteroatoms. The lowest BCUT2D eigenvalue weighted by Gasteiger charge is -2.34. The number of piperidine rings is 1. The quantitative estimate of drug-likeness (QED) is 0.849. The van der Waals surface area contributed by atoms with E-state index in [2.05, 4.69) is 34.1 Å². The van der Waals surface area contributed by atoms with Gasteiger partial charge in [-0.1, -0.05) is 0 Å². The van der Waals surface area contributed by atoms with Gasteiger partial charge in [0.2, 0.25) is 5.95 Å². The van der Waals surface area contributed by atoms with Crippen molar-refractivity contribution in [1.82, 2.24) is 19.5 Å². The van der Waals surface area contributed by atoms with Crippen LogP contribution in [0.5, 0.6) is 0 Å². The Hall–Kier alpha value is -1.77. The lowest BCUT2D eigenvalue weighted by atomic mass is 9.93. The molecule has 7 nitrogen and oxygen atoms in total. The van der Waals surface area contributed by atoms with Crippen molar-refractivity contribution in [1.29, 1.82) is 0 Å². The van der Waals surface area contributed by atoms with Crippen LogP contribution in [0.15, 0.2) is 12.3 Å². The highest BCUT2D eigenvalue weighted by molar-refractivity contribution is 5.50. The van der Waals surface area contributed by atoms with Gasteiger partial charge in [-0.15, -0.1) is 5.10 Å². The van der Waals surface area contributed by atoms with Gasteiger partial charge < -0.3 is 20.1 Å². The van der Waals surface area contributed by atoms with E-state index in [1.807, 2.05) is 0 Å². The molecule has 4 heterocycles. The summed E-state index contributed by atoms with van der Waals surface area (Å²) in [4.78, 5) is 6.70. The Bertz CT molecular complexity index is 788. The van der Waals surface area contributed by atoms with Gasteiger partial charge in [0, 0.05) is 24.3 Å². The Kier molecular flexibility index (Phi) is 5.29. The van der Waals surface area contributed by atoms with Crippen LogP contribution in [-0.4, -0.2) is 69.1 Å². The number of anilines is 1. The average molecular weight is 377 g/mol. The summed E-state index contributed by atoms with van der Waals surface area (Å²) in [5.74, 6) is 0.410. The Balaban J connectivity index is 1.56. The van der Waals surface area contributed by atoms with Gasteiger partial charge in [-0.25, -0.2) is 13.9 Å². The molecule has 0 saturated carbocycles. The third kappa shape index (κ3) is 3.79. The first-order valence-electron chi connectivity index (χ1n) is 9.83. The third-order valence-corrected chi connectivity index (χ3v) is 5.81. The van der Waals surface area contributed by atoms with Gasteiger partial charge >= 0.3 is 0 Å². The van der Waals surface area contributed by atoms with Crippen molar-refractivity contribution in [3.63, 3.8) is 0 Å². The van der Waals surface area contributed by atoms with Crippen molar-refractivity contribution in [2.24, 2.45) is 0 Å². The molecule has 2 atom stereocenters. The predicted molar refractivity (Wildman–Crippen MR) is 100 cm³/mol. The van der Waals surface area contributed by atoms with Crippen molar-refractivity contribution in [2.75, 3.05) is 31.6 Å². The summed E-state index contributed by atoms with van der Waals surface area (Å²) < 4.78 is 21.4. The van der Waals surface area contributed by atoms with Crippen LogP contribution in [0.25, 0.3) is 5.52 Å². The number of likely N-dealkylation sites (tertiary alicyclic amines) is 1. The first-order chi connectivity index (χ1) is 13.0. The topological polar surface area (TPSA) is 74.9 Å². The number of aliphatic hydroxyl groups is 1. The zero-order valence-electron chi connectivity index (χ0n) is 15.9. The Morgan fingerprint density at radius 1 is 1.30 bits per heavy atom. The zero-order chi connectivity index (χ0) is 19.0. The standard InChI is InChI=1S/C19H28FN5O2/c1-12(2)24-6-3-13(4-7-24)16-9-14(20)17-10-21-19(23-25(16)17)22-15-5-8-27-11-18(15)26/h9-10,12-13,15,18,26H,3-8,11H2,1-2H3,(H,22,23)/t15-,18-/m1/s1. The molecule has 0 amide bonds. The van der Waals surface area contributed by atoms with Crippen molar-refractivity contribution in [3.05, 3.63) is 23.8 Å². The molecule has 2 fully saturated rings. The van der Waals surface area contributed by atoms with Gasteiger partial charge in [0.05, 0.1) is 24.9 Å². The van der Waals surface area contributed by atoms with Gasteiger partial charge in [-0.05, 0) is 52.3 Å². The van der Waals surface area contributed by atoms with Crippen LogP contribution in [0.4, 0.5) is 10.3 Å². The molecule has 0 unspecified atom stereocenters. The fraction of sp³-hybridized carbons (Fsp3) is 0.684. The molecule has 4 rings (SSSR count). The second-order valence-corrected chi connectivity index (χ2v) is 7.88. The van der Waals surface area contributed by atoms with Crippen molar-refractivity contribution in [2.45, 2.75) is 57.2 Å². The molecule has 2 N–H and O–H groups in total. The van der Waals surface area contributed by atoms with E-state index in [9.17, 15) is 9.50 Å². The van der Waals surface area contributed by atoms with E-state index < -0.39 is 6.10 Å². The molecule has 0 radical (unpaired) electrons. The number of hydrogen-bond donors (Lipinski definition) is 2. The number of rotatable bonds is 4. The second-order valence-electron chi connectivity index (χ2n) is 7.88. The molecule has 2 aliphatic rings. The van der Waals surface area contributed by atoms with Crippen LogP contribution in [0.3, 0.4) is 0 Å². The maximum absolute atomic E-state index is 14.4. The minimum atomic E-state index is -0.598. The van der Waals surface area contributed by atoms with Gasteiger partial charge in [-0.3, -0.25) is 0 Å². The molecule has 2 saturated heterocycles. The van der Waals surface area contributed by atoms with E-state index in [1.54, 1.807) is 10.6 Å². The summed E-state index contributed by atoms with van der Waals surface area (Å²) in [6.07, 6.45) is 3.59. The number of aromatic nitrogens is 3. The monoisotopic (exact) mass is 377 g/mol. The van der Waals surface area contributed by atoms with Crippen molar-refractivity contribution >= 4 is 11.5 Å². The van der Waals surface area contributed by atoms with Crippen LogP contribution in [0.1, 0.15) is 44.7 Å². The molecule has 0 aliphatic carbocycles. The molecular weight excluding hydrogens is 349 g/mol. The highest BCUT2D eigenvalue weighted by Gasteiger charge is 2.27. The summed E-state index contributed by atoms with van der Waals surface area (Å²) in [6, 6.07) is 1.98. The van der Waals surface area contributed by atoms with Crippen LogP contribution in [0.2, 0.25) is 0 Å². The van der Waals surface area contributed by atoms with E-state index in [1.165, 1.54) is 6.20 Å². The predicted octanol–water partition coefficient (Wildman–Crippen LogP) is 2.02. The van der Waals surface area contributed by atoms with Crippen molar-refractivity contribution < 1.29 is 14.2 Å². The van der Waals surface area contributed by atoms with Crippen LogP contribution in [0, 0.1) is 5.82 Å². The number of hydrogen-bond acceptors (Lipinski definition) is 6. The van der Waals surface area contributed by atoms with Crippen LogP contribution >= 0.6 is 0 Å². The largest absolute Gasteiger partial charge is 0.389 e. The molecular formula is C19H28FN5O2. The SMILES string of the molecule is CC(C)N1CCC(c2cc(F)c3cnc(N[C@@H]4CCOC[C@H]4O)nn23)CC1. The maximum Gasteiger partial charge on any atom is 0.241 e. The second kappa shape index (κ2) is 7.69. The summed E-state index contributed by atoms with van der Waals surface area (Å²) in [5, 5.41) is 17.8. The maximum atomic E-state index is 14.4. The van der Waals surface area contributed by atoms with Crippen LogP contribution < -0.4 is 5.32 Å².